The van der Waals surface area contributed by atoms with Crippen LogP contribution in [0.25, 0.3) is 5.69 Å². The van der Waals surface area contributed by atoms with E-state index in [4.69, 9.17) is 4.52 Å². The van der Waals surface area contributed by atoms with Gasteiger partial charge in [-0.05, 0) is 48.4 Å². The molecule has 24 heavy (non-hydrogen) atoms. The molecule has 1 saturated carbocycles. The van der Waals surface area contributed by atoms with Gasteiger partial charge < -0.3 is 9.84 Å². The lowest BCUT2D eigenvalue weighted by molar-refractivity contribution is 0.101. The molecule has 122 valence electrons. The van der Waals surface area contributed by atoms with E-state index in [0.717, 1.165) is 12.8 Å². The molecule has 4 rings (SSSR count). The van der Waals surface area contributed by atoms with Crippen LogP contribution in [0.15, 0.2) is 28.8 Å². The molecule has 2 heterocycles. The normalized spacial score (nSPS) is 13.9. The highest BCUT2D eigenvalue weighted by molar-refractivity contribution is 6.02. The van der Waals surface area contributed by atoms with Gasteiger partial charge in [0.25, 0.3) is 5.91 Å². The molecule has 1 aliphatic rings. The minimum atomic E-state index is -0.473. The summed E-state index contributed by atoms with van der Waals surface area (Å²) in [4.78, 5) is 12.1. The summed E-state index contributed by atoms with van der Waals surface area (Å²) in [6.07, 6.45) is 1.98. The lowest BCUT2D eigenvalue weighted by atomic mass is 10.2. The number of tetrazole rings is 1. The predicted octanol–water partition coefficient (Wildman–Crippen LogP) is 2.23. The predicted molar refractivity (Wildman–Crippen MR) is 80.3 cm³/mol. The van der Waals surface area contributed by atoms with E-state index >= 15 is 0 Å². The van der Waals surface area contributed by atoms with E-state index in [1.807, 2.05) is 0 Å². The quantitative estimate of drug-likeness (QED) is 0.788. The number of benzene rings is 1. The molecular weight excluding hydrogens is 315 g/mol. The number of rotatable bonds is 4. The van der Waals surface area contributed by atoms with Gasteiger partial charge in [-0.3, -0.25) is 4.79 Å². The third-order valence-electron chi connectivity index (χ3n) is 3.73. The molecule has 3 aromatic rings. The summed E-state index contributed by atoms with van der Waals surface area (Å²) in [5.41, 5.74) is 0.754. The summed E-state index contributed by atoms with van der Waals surface area (Å²) < 4.78 is 20.5. The second-order valence-corrected chi connectivity index (χ2v) is 5.67. The Balaban J connectivity index is 1.64. The van der Waals surface area contributed by atoms with Crippen LogP contribution < -0.4 is 5.32 Å². The van der Waals surface area contributed by atoms with Crippen LogP contribution in [0.2, 0.25) is 0 Å². The zero-order valence-corrected chi connectivity index (χ0v) is 12.7. The third kappa shape index (κ3) is 2.64. The van der Waals surface area contributed by atoms with Crippen molar-refractivity contribution in [3.8, 4) is 5.69 Å². The van der Waals surface area contributed by atoms with Crippen LogP contribution in [0, 0.1) is 12.7 Å². The van der Waals surface area contributed by atoms with E-state index in [1.165, 1.54) is 28.9 Å². The number of carbonyl (C=O) groups excluding carboxylic acids is 1. The second-order valence-electron chi connectivity index (χ2n) is 5.67. The van der Waals surface area contributed by atoms with E-state index in [0.29, 0.717) is 17.3 Å². The molecule has 1 N–H and O–H groups in total. The largest absolute Gasteiger partial charge is 0.361 e. The molecule has 9 heteroatoms. The molecule has 2 aromatic heterocycles. The monoisotopic (exact) mass is 328 g/mol. The van der Waals surface area contributed by atoms with Crippen LogP contribution in [0.4, 0.5) is 10.1 Å². The van der Waals surface area contributed by atoms with Crippen molar-refractivity contribution < 1.29 is 13.7 Å². The molecule has 0 unspecified atom stereocenters. The number of aryl methyl sites for hydroxylation is 1. The maximum atomic E-state index is 14.2. The Morgan fingerprint density at radius 1 is 1.38 bits per heavy atom. The lowest BCUT2D eigenvalue weighted by Crippen LogP contribution is -2.13. The van der Waals surface area contributed by atoms with Gasteiger partial charge in [-0.2, -0.15) is 4.68 Å². The van der Waals surface area contributed by atoms with Gasteiger partial charge in [-0.1, -0.05) is 5.16 Å². The van der Waals surface area contributed by atoms with E-state index < -0.39 is 11.7 Å². The molecule has 0 aliphatic heterocycles. The molecule has 1 aromatic carbocycles. The minimum Gasteiger partial charge on any atom is -0.361 e. The Kier molecular flexibility index (Phi) is 3.33. The maximum Gasteiger partial charge on any atom is 0.277 e. The zero-order valence-electron chi connectivity index (χ0n) is 12.7. The number of aromatic nitrogens is 5. The number of nitrogens with one attached hydrogen (secondary N) is 1. The number of hydrogen-bond acceptors (Lipinski definition) is 6. The van der Waals surface area contributed by atoms with Gasteiger partial charge >= 0.3 is 0 Å². The Bertz CT molecular complexity index is 914. The van der Waals surface area contributed by atoms with Crippen LogP contribution in [-0.4, -0.2) is 31.3 Å². The molecule has 1 aliphatic carbocycles. The third-order valence-corrected chi connectivity index (χ3v) is 3.73. The molecule has 1 fully saturated rings. The standard InChI is InChI=1S/C15H13FN6O2/c1-8-6-12(19-24-8)15(23)17-10-4-5-11(16)13(7-10)22-14(9-2-3-9)18-20-21-22/h4-7,9H,2-3H2,1H3,(H,17,23). The van der Waals surface area contributed by atoms with Crippen molar-refractivity contribution in [3.05, 3.63) is 47.4 Å². The molecule has 0 spiro atoms. The molecule has 8 nitrogen and oxygen atoms in total. The van der Waals surface area contributed by atoms with Crippen molar-refractivity contribution in [2.24, 2.45) is 0 Å². The Morgan fingerprint density at radius 2 is 2.21 bits per heavy atom. The van der Waals surface area contributed by atoms with Crippen molar-refractivity contribution in [2.45, 2.75) is 25.7 Å². The fourth-order valence-corrected chi connectivity index (χ4v) is 2.38. The first-order valence-electron chi connectivity index (χ1n) is 7.44. The summed E-state index contributed by atoms with van der Waals surface area (Å²) in [6, 6.07) is 5.73. The molecule has 0 atom stereocenters. The average Bonchev–Trinajstić information content (AvgIpc) is 3.12. The molecule has 0 bridgehead atoms. The van der Waals surface area contributed by atoms with Gasteiger partial charge in [0, 0.05) is 17.7 Å². The van der Waals surface area contributed by atoms with Gasteiger partial charge in [-0.15, -0.1) is 5.10 Å². The topological polar surface area (TPSA) is 98.7 Å². The van der Waals surface area contributed by atoms with Gasteiger partial charge in [0.1, 0.15) is 17.3 Å². The highest BCUT2D eigenvalue weighted by atomic mass is 19.1. The van der Waals surface area contributed by atoms with E-state index in [2.05, 4.69) is 26.0 Å². The van der Waals surface area contributed by atoms with Crippen LogP contribution >= 0.6 is 0 Å². The van der Waals surface area contributed by atoms with Crippen molar-refractivity contribution in [3.63, 3.8) is 0 Å². The number of carbonyl (C=O) groups is 1. The molecular formula is C15H13FN6O2. The molecule has 0 saturated heterocycles. The van der Waals surface area contributed by atoms with Crippen molar-refractivity contribution >= 4 is 11.6 Å². The van der Waals surface area contributed by atoms with Gasteiger partial charge in [0.2, 0.25) is 0 Å². The van der Waals surface area contributed by atoms with Crippen molar-refractivity contribution in [1.29, 1.82) is 0 Å². The van der Waals surface area contributed by atoms with Crippen molar-refractivity contribution in [2.75, 3.05) is 5.32 Å². The fraction of sp³-hybridized carbons (Fsp3) is 0.267. The number of anilines is 1. The fourth-order valence-electron chi connectivity index (χ4n) is 2.38. The Labute approximate surface area is 135 Å². The van der Waals surface area contributed by atoms with E-state index in [1.54, 1.807) is 6.92 Å². The van der Waals surface area contributed by atoms with Gasteiger partial charge in [0.15, 0.2) is 11.5 Å². The van der Waals surface area contributed by atoms with Crippen molar-refractivity contribution in [1.82, 2.24) is 25.4 Å². The highest BCUT2D eigenvalue weighted by Crippen LogP contribution is 2.39. The lowest BCUT2D eigenvalue weighted by Gasteiger charge is -2.08. The second kappa shape index (κ2) is 5.52. The first kappa shape index (κ1) is 14.5. The highest BCUT2D eigenvalue weighted by Gasteiger charge is 2.30. The Morgan fingerprint density at radius 3 is 2.92 bits per heavy atom. The van der Waals surface area contributed by atoms with E-state index in [-0.39, 0.29) is 17.3 Å². The SMILES string of the molecule is Cc1cc(C(=O)Nc2ccc(F)c(-n3nnnc3C3CC3)c2)no1. The summed E-state index contributed by atoms with van der Waals surface area (Å²) in [6.45, 7) is 1.69. The summed E-state index contributed by atoms with van der Waals surface area (Å²) in [5, 5.41) is 17.8. The number of amides is 1. The summed E-state index contributed by atoms with van der Waals surface area (Å²) in [5.74, 6) is 0.506. The minimum absolute atomic E-state index is 0.152. The van der Waals surface area contributed by atoms with Crippen LogP contribution in [-0.2, 0) is 0 Å². The first-order valence-corrected chi connectivity index (χ1v) is 7.44. The number of nitrogens with zero attached hydrogens (tertiary/aromatic N) is 5. The summed E-state index contributed by atoms with van der Waals surface area (Å²) in [7, 11) is 0. The zero-order chi connectivity index (χ0) is 16.7. The maximum absolute atomic E-state index is 14.2. The van der Waals surface area contributed by atoms with Crippen LogP contribution in [0.1, 0.15) is 40.8 Å². The average molecular weight is 328 g/mol. The van der Waals surface area contributed by atoms with Gasteiger partial charge in [0.05, 0.1) is 0 Å². The first-order chi connectivity index (χ1) is 11.6. The van der Waals surface area contributed by atoms with Crippen LogP contribution in [0.5, 0.6) is 0 Å². The van der Waals surface area contributed by atoms with Crippen LogP contribution in [0.3, 0.4) is 0 Å². The summed E-state index contributed by atoms with van der Waals surface area (Å²) >= 11 is 0. The number of halogens is 1. The van der Waals surface area contributed by atoms with E-state index in [9.17, 15) is 9.18 Å². The number of hydrogen-bond donors (Lipinski definition) is 1. The molecule has 0 radical (unpaired) electrons. The molecule has 1 amide bonds. The smallest absolute Gasteiger partial charge is 0.277 e. The van der Waals surface area contributed by atoms with Gasteiger partial charge in [-0.25, -0.2) is 4.39 Å². The Hall–Kier alpha value is -3.10.